The molecule has 1 aromatic carbocycles. The summed E-state index contributed by atoms with van der Waals surface area (Å²) >= 11 is 0. The second-order valence-electron chi connectivity index (χ2n) is 6.10. The molecule has 2 atom stereocenters. The minimum Gasteiger partial charge on any atom is -0.345 e. The van der Waals surface area contributed by atoms with Crippen LogP contribution >= 0.6 is 0 Å². The minimum absolute atomic E-state index is 0.106. The first-order chi connectivity index (χ1) is 11.3. The van der Waals surface area contributed by atoms with Gasteiger partial charge in [-0.05, 0) is 49.0 Å². The molecule has 0 bridgehead atoms. The van der Waals surface area contributed by atoms with Crippen LogP contribution < -0.4 is 10.6 Å². The van der Waals surface area contributed by atoms with Crippen molar-refractivity contribution < 1.29 is 4.79 Å². The van der Waals surface area contributed by atoms with E-state index in [1.165, 1.54) is 6.42 Å². The molecular formula is C19H23N3O. The molecule has 23 heavy (non-hydrogen) atoms. The van der Waals surface area contributed by atoms with Crippen molar-refractivity contribution in [2.24, 2.45) is 5.92 Å². The Hall–Kier alpha value is -2.20. The maximum absolute atomic E-state index is 12.4. The minimum atomic E-state index is -0.140. The molecule has 2 heterocycles. The molecule has 0 aliphatic carbocycles. The molecular weight excluding hydrogens is 286 g/mol. The maximum atomic E-state index is 12.4. The van der Waals surface area contributed by atoms with E-state index in [9.17, 15) is 4.79 Å². The van der Waals surface area contributed by atoms with Gasteiger partial charge in [-0.25, -0.2) is 0 Å². The molecule has 3 rings (SSSR count). The van der Waals surface area contributed by atoms with Gasteiger partial charge in [0.2, 0.25) is 5.91 Å². The molecule has 1 amide bonds. The summed E-state index contributed by atoms with van der Waals surface area (Å²) < 4.78 is 0. The predicted octanol–water partition coefficient (Wildman–Crippen LogP) is 2.68. The lowest BCUT2D eigenvalue weighted by Gasteiger charge is -2.20. The number of hydrogen-bond donors (Lipinski definition) is 2. The van der Waals surface area contributed by atoms with E-state index in [1.54, 1.807) is 6.20 Å². The third-order valence-electron chi connectivity index (χ3n) is 4.40. The average Bonchev–Trinajstić information content (AvgIpc) is 3.13. The quantitative estimate of drug-likeness (QED) is 0.862. The summed E-state index contributed by atoms with van der Waals surface area (Å²) in [4.78, 5) is 16.6. The van der Waals surface area contributed by atoms with Crippen LogP contribution in [0.15, 0.2) is 54.9 Å². The first-order valence-electron chi connectivity index (χ1n) is 8.28. The van der Waals surface area contributed by atoms with E-state index in [0.29, 0.717) is 12.3 Å². The summed E-state index contributed by atoms with van der Waals surface area (Å²) in [5, 5.41) is 6.52. The predicted molar refractivity (Wildman–Crippen MR) is 90.9 cm³/mol. The van der Waals surface area contributed by atoms with Gasteiger partial charge in [0, 0.05) is 18.8 Å². The molecule has 0 spiro atoms. The molecule has 2 aromatic rings. The van der Waals surface area contributed by atoms with Gasteiger partial charge in [-0.2, -0.15) is 0 Å². The highest BCUT2D eigenvalue weighted by Crippen LogP contribution is 2.22. The second-order valence-corrected chi connectivity index (χ2v) is 6.10. The summed E-state index contributed by atoms with van der Waals surface area (Å²) in [5.74, 6) is 0.740. The van der Waals surface area contributed by atoms with E-state index in [4.69, 9.17) is 0 Å². The fourth-order valence-electron chi connectivity index (χ4n) is 3.08. The Morgan fingerprint density at radius 2 is 2.04 bits per heavy atom. The summed E-state index contributed by atoms with van der Waals surface area (Å²) in [7, 11) is 0. The van der Waals surface area contributed by atoms with Crippen molar-refractivity contribution >= 4 is 5.91 Å². The number of carbonyl (C=O) groups excluding carboxylic acids is 1. The lowest BCUT2D eigenvalue weighted by atomic mass is 9.99. The number of amides is 1. The van der Waals surface area contributed by atoms with Gasteiger partial charge in [-0.3, -0.25) is 9.78 Å². The van der Waals surface area contributed by atoms with Crippen LogP contribution in [0.4, 0.5) is 0 Å². The molecule has 1 fully saturated rings. The van der Waals surface area contributed by atoms with Gasteiger partial charge in [0.1, 0.15) is 0 Å². The molecule has 4 heteroatoms. The molecule has 120 valence electrons. The Balaban J connectivity index is 1.67. The van der Waals surface area contributed by atoms with Crippen LogP contribution in [-0.2, 0) is 4.79 Å². The topological polar surface area (TPSA) is 54.0 Å². The van der Waals surface area contributed by atoms with E-state index < -0.39 is 0 Å². The van der Waals surface area contributed by atoms with E-state index in [2.05, 4.69) is 15.6 Å². The molecule has 2 N–H and O–H groups in total. The number of aromatic nitrogens is 1. The van der Waals surface area contributed by atoms with Crippen molar-refractivity contribution in [1.29, 1.82) is 0 Å². The number of nitrogens with one attached hydrogen (secondary N) is 2. The van der Waals surface area contributed by atoms with Crippen LogP contribution in [0.25, 0.3) is 0 Å². The van der Waals surface area contributed by atoms with E-state index in [-0.39, 0.29) is 11.9 Å². The smallest absolute Gasteiger partial charge is 0.220 e. The number of rotatable bonds is 6. The van der Waals surface area contributed by atoms with Crippen molar-refractivity contribution in [3.63, 3.8) is 0 Å². The molecule has 1 saturated heterocycles. The van der Waals surface area contributed by atoms with Gasteiger partial charge >= 0.3 is 0 Å². The van der Waals surface area contributed by atoms with E-state index in [0.717, 1.165) is 30.6 Å². The van der Waals surface area contributed by atoms with Gasteiger partial charge in [-0.1, -0.05) is 36.4 Å². The summed E-state index contributed by atoms with van der Waals surface area (Å²) in [5.41, 5.74) is 2.09. The fourth-order valence-corrected chi connectivity index (χ4v) is 3.08. The summed E-state index contributed by atoms with van der Waals surface area (Å²) in [6.45, 7) is 2.12. The van der Waals surface area contributed by atoms with Crippen molar-refractivity contribution in [3.8, 4) is 0 Å². The van der Waals surface area contributed by atoms with Gasteiger partial charge in [0.25, 0.3) is 0 Å². The molecule has 1 aliphatic heterocycles. The number of benzene rings is 1. The number of pyridine rings is 1. The zero-order chi connectivity index (χ0) is 15.9. The van der Waals surface area contributed by atoms with Crippen LogP contribution in [-0.4, -0.2) is 24.0 Å². The molecule has 0 saturated carbocycles. The zero-order valence-electron chi connectivity index (χ0n) is 13.2. The summed E-state index contributed by atoms with van der Waals surface area (Å²) in [6.07, 6.45) is 6.28. The highest BCUT2D eigenvalue weighted by Gasteiger charge is 2.19. The Labute approximate surface area is 137 Å². The molecule has 2 unspecified atom stereocenters. The zero-order valence-corrected chi connectivity index (χ0v) is 13.2. The van der Waals surface area contributed by atoms with E-state index >= 15 is 0 Å². The second kappa shape index (κ2) is 7.88. The van der Waals surface area contributed by atoms with Crippen LogP contribution in [0.5, 0.6) is 0 Å². The van der Waals surface area contributed by atoms with Crippen molar-refractivity contribution in [2.75, 3.05) is 13.1 Å². The lowest BCUT2D eigenvalue weighted by molar-refractivity contribution is -0.121. The van der Waals surface area contributed by atoms with E-state index in [1.807, 2.05) is 48.7 Å². The third kappa shape index (κ3) is 4.39. The number of carbonyl (C=O) groups is 1. The lowest BCUT2D eigenvalue weighted by Crippen LogP contribution is -2.29. The van der Waals surface area contributed by atoms with Gasteiger partial charge in [-0.15, -0.1) is 0 Å². The number of nitrogens with zero attached hydrogens (tertiary/aromatic N) is 1. The highest BCUT2D eigenvalue weighted by molar-refractivity contribution is 5.77. The molecule has 0 radical (unpaired) electrons. The normalized spacial score (nSPS) is 18.5. The highest BCUT2D eigenvalue weighted by atomic mass is 16.1. The Kier molecular flexibility index (Phi) is 5.37. The number of hydrogen-bond acceptors (Lipinski definition) is 3. The van der Waals surface area contributed by atoms with Crippen molar-refractivity contribution in [2.45, 2.75) is 25.3 Å². The standard InChI is InChI=1S/C19H23N3O/c23-18(9-8-15-10-12-21-13-15)22-19(16-5-2-1-3-6-16)17-7-4-11-20-14-17/h1-7,11,14-15,19,21H,8-10,12-13H2,(H,22,23). The average molecular weight is 309 g/mol. The van der Waals surface area contributed by atoms with Crippen LogP contribution in [0.3, 0.4) is 0 Å². The van der Waals surface area contributed by atoms with Crippen LogP contribution in [0, 0.1) is 5.92 Å². The maximum Gasteiger partial charge on any atom is 0.220 e. The third-order valence-corrected chi connectivity index (χ3v) is 4.40. The Morgan fingerprint density at radius 3 is 2.74 bits per heavy atom. The SMILES string of the molecule is O=C(CCC1CCNC1)NC(c1ccccc1)c1cccnc1. The van der Waals surface area contributed by atoms with Gasteiger partial charge < -0.3 is 10.6 Å². The molecule has 4 nitrogen and oxygen atoms in total. The molecule has 1 aliphatic rings. The van der Waals surface area contributed by atoms with Gasteiger partial charge in [0.05, 0.1) is 6.04 Å². The monoisotopic (exact) mass is 309 g/mol. The Morgan fingerprint density at radius 1 is 1.22 bits per heavy atom. The first kappa shape index (κ1) is 15.7. The largest absolute Gasteiger partial charge is 0.345 e. The van der Waals surface area contributed by atoms with Crippen LogP contribution in [0.2, 0.25) is 0 Å². The fraction of sp³-hybridized carbons (Fsp3) is 0.368. The van der Waals surface area contributed by atoms with Crippen molar-refractivity contribution in [3.05, 3.63) is 66.0 Å². The van der Waals surface area contributed by atoms with Crippen molar-refractivity contribution in [1.82, 2.24) is 15.6 Å². The van der Waals surface area contributed by atoms with Gasteiger partial charge in [0.15, 0.2) is 0 Å². The molecule has 1 aromatic heterocycles. The van der Waals surface area contributed by atoms with Crippen LogP contribution in [0.1, 0.15) is 36.4 Å². The first-order valence-corrected chi connectivity index (χ1v) is 8.28. The Bertz CT molecular complexity index is 570. The summed E-state index contributed by atoms with van der Waals surface area (Å²) in [6, 6.07) is 13.8.